The molecule has 0 saturated heterocycles. The summed E-state index contributed by atoms with van der Waals surface area (Å²) in [7, 11) is 1.85. The van der Waals surface area contributed by atoms with Crippen LogP contribution in [-0.4, -0.2) is 30.0 Å². The summed E-state index contributed by atoms with van der Waals surface area (Å²) < 4.78 is -0.879. The molecule has 0 aromatic heterocycles. The SMILES string of the molecule is CN(CC(=O)N/N=C/C1C(c2ccccc2)C1(Cl)Cl)c1ccccc1. The first kappa shape index (κ1) is 17.8. The van der Waals surface area contributed by atoms with Gasteiger partial charge >= 0.3 is 0 Å². The smallest absolute Gasteiger partial charge is 0.259 e. The van der Waals surface area contributed by atoms with Gasteiger partial charge in [-0.25, -0.2) is 5.43 Å². The van der Waals surface area contributed by atoms with Gasteiger partial charge in [0, 0.05) is 30.8 Å². The van der Waals surface area contributed by atoms with Crippen molar-refractivity contribution in [3.05, 3.63) is 66.2 Å². The number of hydrogen-bond donors (Lipinski definition) is 1. The Bertz CT molecular complexity index is 750. The highest BCUT2D eigenvalue weighted by atomic mass is 35.5. The number of nitrogens with zero attached hydrogens (tertiary/aromatic N) is 2. The third kappa shape index (κ3) is 4.14. The summed E-state index contributed by atoms with van der Waals surface area (Å²) in [5.74, 6) is -0.329. The summed E-state index contributed by atoms with van der Waals surface area (Å²) in [6.07, 6.45) is 1.62. The zero-order valence-electron chi connectivity index (χ0n) is 13.8. The van der Waals surface area contributed by atoms with Crippen molar-refractivity contribution in [2.75, 3.05) is 18.5 Å². The average molecular weight is 376 g/mol. The summed E-state index contributed by atoms with van der Waals surface area (Å²) in [5.41, 5.74) is 4.57. The van der Waals surface area contributed by atoms with Crippen molar-refractivity contribution >= 4 is 41.0 Å². The molecule has 1 amide bonds. The van der Waals surface area contributed by atoms with Gasteiger partial charge in [-0.2, -0.15) is 5.10 Å². The number of hydrogen-bond acceptors (Lipinski definition) is 3. The molecule has 1 N–H and O–H groups in total. The van der Waals surface area contributed by atoms with Gasteiger partial charge in [-0.3, -0.25) is 4.79 Å². The van der Waals surface area contributed by atoms with Crippen molar-refractivity contribution in [2.45, 2.75) is 10.3 Å². The highest BCUT2D eigenvalue weighted by molar-refractivity contribution is 6.53. The van der Waals surface area contributed by atoms with Gasteiger partial charge in [-0.05, 0) is 17.7 Å². The fourth-order valence-corrected chi connectivity index (χ4v) is 3.60. The molecule has 0 spiro atoms. The molecular weight excluding hydrogens is 357 g/mol. The van der Waals surface area contributed by atoms with E-state index in [-0.39, 0.29) is 24.3 Å². The molecule has 0 heterocycles. The van der Waals surface area contributed by atoms with E-state index < -0.39 is 4.33 Å². The summed E-state index contributed by atoms with van der Waals surface area (Å²) in [6, 6.07) is 19.5. The molecule has 2 atom stereocenters. The van der Waals surface area contributed by atoms with Crippen LogP contribution in [0.25, 0.3) is 0 Å². The lowest BCUT2D eigenvalue weighted by Crippen LogP contribution is -2.32. The number of likely N-dealkylation sites (N-methyl/N-ethyl adjacent to an activating group) is 1. The minimum absolute atomic E-state index is 0.00956. The lowest BCUT2D eigenvalue weighted by atomic mass is 10.1. The van der Waals surface area contributed by atoms with E-state index in [2.05, 4.69) is 10.5 Å². The van der Waals surface area contributed by atoms with Crippen molar-refractivity contribution < 1.29 is 4.79 Å². The van der Waals surface area contributed by atoms with Crippen LogP contribution in [0.5, 0.6) is 0 Å². The van der Waals surface area contributed by atoms with Crippen LogP contribution in [0.15, 0.2) is 65.8 Å². The number of anilines is 1. The molecule has 2 unspecified atom stereocenters. The van der Waals surface area contributed by atoms with Gasteiger partial charge in [0.1, 0.15) is 4.33 Å². The summed E-state index contributed by atoms with van der Waals surface area (Å²) in [6.45, 7) is 0.209. The van der Waals surface area contributed by atoms with E-state index in [9.17, 15) is 4.79 Å². The lowest BCUT2D eigenvalue weighted by Gasteiger charge is -2.17. The molecule has 0 aliphatic heterocycles. The molecule has 6 heteroatoms. The predicted octanol–water partition coefficient (Wildman–Crippen LogP) is 3.81. The maximum atomic E-state index is 12.0. The van der Waals surface area contributed by atoms with E-state index in [4.69, 9.17) is 23.2 Å². The Labute approximate surface area is 157 Å². The van der Waals surface area contributed by atoms with E-state index in [1.54, 1.807) is 6.21 Å². The second kappa shape index (κ2) is 7.46. The molecular formula is C19H19Cl2N3O. The van der Waals surface area contributed by atoms with Gasteiger partial charge < -0.3 is 4.90 Å². The zero-order chi connectivity index (χ0) is 17.9. The van der Waals surface area contributed by atoms with Gasteiger partial charge in [0.25, 0.3) is 5.91 Å². The third-order valence-corrected chi connectivity index (χ3v) is 5.24. The number of amides is 1. The molecule has 1 fully saturated rings. The second-order valence-electron chi connectivity index (χ2n) is 6.09. The monoisotopic (exact) mass is 375 g/mol. The number of benzene rings is 2. The van der Waals surface area contributed by atoms with Crippen molar-refractivity contribution in [3.8, 4) is 0 Å². The van der Waals surface area contributed by atoms with Crippen LogP contribution >= 0.6 is 23.2 Å². The molecule has 1 saturated carbocycles. The lowest BCUT2D eigenvalue weighted by molar-refractivity contribution is -0.119. The Hall–Kier alpha value is -2.04. The van der Waals surface area contributed by atoms with E-state index in [0.717, 1.165) is 11.3 Å². The second-order valence-corrected chi connectivity index (χ2v) is 7.54. The normalized spacial score (nSPS) is 21.1. The maximum Gasteiger partial charge on any atom is 0.259 e. The molecule has 1 aliphatic carbocycles. The van der Waals surface area contributed by atoms with Crippen LogP contribution in [0.3, 0.4) is 0 Å². The van der Waals surface area contributed by atoms with Gasteiger partial charge in [0.15, 0.2) is 0 Å². The number of halogens is 2. The van der Waals surface area contributed by atoms with E-state index in [0.29, 0.717) is 0 Å². The van der Waals surface area contributed by atoms with Crippen molar-refractivity contribution in [3.63, 3.8) is 0 Å². The standard InChI is InChI=1S/C19H19Cl2N3O/c1-24(15-10-6-3-7-11-15)13-17(25)23-22-12-16-18(19(16,20)21)14-8-4-2-5-9-14/h2-12,16,18H,13H2,1H3,(H,23,25)/b22-12+. The van der Waals surface area contributed by atoms with E-state index in [1.807, 2.05) is 72.6 Å². The first-order valence-corrected chi connectivity index (χ1v) is 8.76. The Balaban J connectivity index is 1.52. The van der Waals surface area contributed by atoms with Gasteiger partial charge in [-0.15, -0.1) is 23.2 Å². The van der Waals surface area contributed by atoms with Crippen LogP contribution in [0.4, 0.5) is 5.69 Å². The Morgan fingerprint density at radius 3 is 2.40 bits per heavy atom. The van der Waals surface area contributed by atoms with Crippen LogP contribution < -0.4 is 10.3 Å². The molecule has 0 bridgehead atoms. The van der Waals surface area contributed by atoms with Crippen molar-refractivity contribution in [1.29, 1.82) is 0 Å². The summed E-state index contributed by atoms with van der Waals surface area (Å²) in [4.78, 5) is 13.9. The number of alkyl halides is 2. The molecule has 1 aliphatic rings. The van der Waals surface area contributed by atoms with Crippen LogP contribution in [0.1, 0.15) is 11.5 Å². The topological polar surface area (TPSA) is 44.7 Å². The molecule has 25 heavy (non-hydrogen) atoms. The highest BCUT2D eigenvalue weighted by Crippen LogP contribution is 2.63. The van der Waals surface area contributed by atoms with E-state index >= 15 is 0 Å². The van der Waals surface area contributed by atoms with Gasteiger partial charge in [0.2, 0.25) is 0 Å². The minimum Gasteiger partial charge on any atom is -0.365 e. The van der Waals surface area contributed by atoms with Crippen molar-refractivity contribution in [2.24, 2.45) is 11.0 Å². The quantitative estimate of drug-likeness (QED) is 0.473. The number of carbonyl (C=O) groups is 1. The molecule has 0 radical (unpaired) electrons. The predicted molar refractivity (Wildman–Crippen MR) is 103 cm³/mol. The van der Waals surface area contributed by atoms with Crippen LogP contribution in [0.2, 0.25) is 0 Å². The first-order valence-electron chi connectivity index (χ1n) is 8.01. The molecule has 4 nitrogen and oxygen atoms in total. The highest BCUT2D eigenvalue weighted by Gasteiger charge is 2.63. The summed E-state index contributed by atoms with van der Waals surface area (Å²) in [5, 5.41) is 4.03. The number of nitrogens with one attached hydrogen (secondary N) is 1. The van der Waals surface area contributed by atoms with E-state index in [1.165, 1.54) is 0 Å². The Kier molecular flexibility index (Phi) is 5.30. The average Bonchev–Trinajstić information content (AvgIpc) is 3.17. The number of carbonyl (C=O) groups excluding carboxylic acids is 1. The molecule has 2 aromatic carbocycles. The van der Waals surface area contributed by atoms with Crippen LogP contribution in [0, 0.1) is 5.92 Å². The fraction of sp³-hybridized carbons (Fsp3) is 0.263. The Morgan fingerprint density at radius 1 is 1.16 bits per heavy atom. The number of hydrazone groups is 1. The molecule has 3 rings (SSSR count). The minimum atomic E-state index is -0.879. The molecule has 2 aromatic rings. The largest absolute Gasteiger partial charge is 0.365 e. The number of para-hydroxylation sites is 1. The maximum absolute atomic E-state index is 12.0. The zero-order valence-corrected chi connectivity index (χ0v) is 15.3. The fourth-order valence-electron chi connectivity index (χ4n) is 2.84. The Morgan fingerprint density at radius 2 is 1.76 bits per heavy atom. The molecule has 130 valence electrons. The summed E-state index contributed by atoms with van der Waals surface area (Å²) >= 11 is 12.7. The number of rotatable bonds is 6. The van der Waals surface area contributed by atoms with Gasteiger partial charge in [0.05, 0.1) is 6.54 Å². The first-order chi connectivity index (χ1) is 12.0. The third-order valence-electron chi connectivity index (χ3n) is 4.27. The van der Waals surface area contributed by atoms with Crippen molar-refractivity contribution in [1.82, 2.24) is 5.43 Å². The van der Waals surface area contributed by atoms with Crippen LogP contribution in [-0.2, 0) is 4.79 Å². The van der Waals surface area contributed by atoms with Gasteiger partial charge in [-0.1, -0.05) is 48.5 Å².